The molecule has 0 spiro atoms. The molecule has 0 saturated carbocycles. The molecule has 2 aromatic rings. The fourth-order valence-corrected chi connectivity index (χ4v) is 2.11. The zero-order valence-electron chi connectivity index (χ0n) is 9.27. The van der Waals surface area contributed by atoms with E-state index >= 15 is 0 Å². The molecule has 1 heterocycles. The number of ether oxygens (including phenoxy) is 1. The number of benzene rings is 1. The molecule has 1 aromatic carbocycles. The molecule has 0 atom stereocenters. The lowest BCUT2D eigenvalue weighted by molar-refractivity contribution is 0.277. The predicted molar refractivity (Wildman–Crippen MR) is 71.4 cm³/mol. The van der Waals surface area contributed by atoms with Gasteiger partial charge in [-0.25, -0.2) is 4.68 Å². The molecule has 0 aliphatic heterocycles. The van der Waals surface area contributed by atoms with E-state index in [4.69, 9.17) is 4.74 Å². The summed E-state index contributed by atoms with van der Waals surface area (Å²) in [5, 5.41) is 4.31. The lowest BCUT2D eigenvalue weighted by atomic mass is 10.2. The maximum atomic E-state index is 5.77. The van der Waals surface area contributed by atoms with E-state index in [0.717, 1.165) is 20.7 Å². The topological polar surface area (TPSA) is 27.1 Å². The Morgan fingerprint density at radius 2 is 2.00 bits per heavy atom. The maximum Gasteiger partial charge on any atom is 0.225 e. The number of rotatable bonds is 3. The van der Waals surface area contributed by atoms with Gasteiger partial charge < -0.3 is 4.74 Å². The Bertz CT molecular complexity index is 479. The summed E-state index contributed by atoms with van der Waals surface area (Å²) in [6, 6.07) is 10.1. The van der Waals surface area contributed by atoms with E-state index in [9.17, 15) is 0 Å². The van der Waals surface area contributed by atoms with Crippen molar-refractivity contribution in [1.82, 2.24) is 9.78 Å². The van der Waals surface area contributed by atoms with E-state index in [1.54, 1.807) is 4.68 Å². The highest BCUT2D eigenvalue weighted by Gasteiger charge is 2.11. The molecule has 2 rings (SSSR count). The van der Waals surface area contributed by atoms with Gasteiger partial charge >= 0.3 is 0 Å². The Kier molecular flexibility index (Phi) is 3.48. The second kappa shape index (κ2) is 4.86. The number of nitrogens with zero attached hydrogens (tertiary/aromatic N) is 2. The van der Waals surface area contributed by atoms with Crippen LogP contribution in [0.4, 0.5) is 0 Å². The highest BCUT2D eigenvalue weighted by molar-refractivity contribution is 14.1. The van der Waals surface area contributed by atoms with Gasteiger partial charge in [-0.2, -0.15) is 5.10 Å². The molecule has 0 fully saturated rings. The summed E-state index contributed by atoms with van der Waals surface area (Å²) in [7, 11) is 1.90. The first-order valence-electron chi connectivity index (χ1n) is 5.04. The van der Waals surface area contributed by atoms with Crippen molar-refractivity contribution in [3.63, 3.8) is 0 Å². The normalized spacial score (nSPS) is 10.4. The molecule has 0 radical (unpaired) electrons. The minimum Gasteiger partial charge on any atom is -0.472 e. The first-order valence-corrected chi connectivity index (χ1v) is 6.12. The van der Waals surface area contributed by atoms with Gasteiger partial charge in [0.05, 0.1) is 9.26 Å². The van der Waals surface area contributed by atoms with Gasteiger partial charge in [0.15, 0.2) is 0 Å². The van der Waals surface area contributed by atoms with Gasteiger partial charge in [-0.05, 0) is 35.1 Å². The molecule has 1 aromatic heterocycles. The van der Waals surface area contributed by atoms with Gasteiger partial charge in [0.25, 0.3) is 0 Å². The van der Waals surface area contributed by atoms with Crippen molar-refractivity contribution in [3.05, 3.63) is 45.2 Å². The van der Waals surface area contributed by atoms with Crippen LogP contribution in [-0.4, -0.2) is 9.78 Å². The Balaban J connectivity index is 2.11. The zero-order valence-corrected chi connectivity index (χ0v) is 11.4. The van der Waals surface area contributed by atoms with Gasteiger partial charge in [0.2, 0.25) is 5.88 Å². The van der Waals surface area contributed by atoms with Crippen LogP contribution < -0.4 is 4.74 Å². The summed E-state index contributed by atoms with van der Waals surface area (Å²) >= 11 is 2.26. The summed E-state index contributed by atoms with van der Waals surface area (Å²) in [6.07, 6.45) is 0. The lowest BCUT2D eigenvalue weighted by Crippen LogP contribution is -2.01. The summed E-state index contributed by atoms with van der Waals surface area (Å²) in [6.45, 7) is 2.56. The van der Waals surface area contributed by atoms with Crippen LogP contribution in [-0.2, 0) is 13.7 Å². The van der Waals surface area contributed by atoms with Crippen LogP contribution >= 0.6 is 22.6 Å². The standard InChI is InChI=1S/C12H13IN2O/c1-9-11(13)12(15(2)14-9)16-8-10-6-4-3-5-7-10/h3-7H,8H2,1-2H3. The first kappa shape index (κ1) is 11.4. The number of aromatic nitrogens is 2. The summed E-state index contributed by atoms with van der Waals surface area (Å²) in [5.41, 5.74) is 2.17. The SMILES string of the molecule is Cc1nn(C)c(OCc2ccccc2)c1I. The third-order valence-electron chi connectivity index (χ3n) is 2.32. The Labute approximate surface area is 109 Å². The quantitative estimate of drug-likeness (QED) is 0.810. The van der Waals surface area contributed by atoms with Crippen LogP contribution in [0.5, 0.6) is 5.88 Å². The maximum absolute atomic E-state index is 5.77. The highest BCUT2D eigenvalue weighted by atomic mass is 127. The molecule has 0 aliphatic carbocycles. The number of aryl methyl sites for hydroxylation is 2. The molecule has 0 aliphatic rings. The van der Waals surface area contributed by atoms with Crippen molar-refractivity contribution in [2.75, 3.05) is 0 Å². The van der Waals surface area contributed by atoms with E-state index in [1.807, 2.05) is 32.2 Å². The lowest BCUT2D eigenvalue weighted by Gasteiger charge is -2.06. The average Bonchev–Trinajstić information content (AvgIpc) is 2.53. The number of hydrogen-bond acceptors (Lipinski definition) is 2. The van der Waals surface area contributed by atoms with Crippen molar-refractivity contribution in [2.24, 2.45) is 7.05 Å². The summed E-state index contributed by atoms with van der Waals surface area (Å²) < 4.78 is 8.62. The molecular formula is C12H13IN2O. The molecule has 0 amide bonds. The molecule has 3 nitrogen and oxygen atoms in total. The predicted octanol–water partition coefficient (Wildman–Crippen LogP) is 2.91. The third-order valence-corrected chi connectivity index (χ3v) is 3.56. The van der Waals surface area contributed by atoms with Gasteiger partial charge in [0.1, 0.15) is 6.61 Å². The molecule has 84 valence electrons. The minimum atomic E-state index is 0.579. The first-order chi connectivity index (χ1) is 7.68. The van der Waals surface area contributed by atoms with E-state index in [0.29, 0.717) is 6.61 Å². The molecular weight excluding hydrogens is 315 g/mol. The number of halogens is 1. The van der Waals surface area contributed by atoms with Crippen molar-refractivity contribution >= 4 is 22.6 Å². The zero-order chi connectivity index (χ0) is 11.5. The van der Waals surface area contributed by atoms with Crippen LogP contribution in [0.25, 0.3) is 0 Å². The second-order valence-electron chi connectivity index (χ2n) is 3.60. The Hall–Kier alpha value is -1.04. The van der Waals surface area contributed by atoms with Gasteiger partial charge in [-0.3, -0.25) is 0 Å². The van der Waals surface area contributed by atoms with Crippen LogP contribution in [0.3, 0.4) is 0 Å². The van der Waals surface area contributed by atoms with Gasteiger partial charge in [-0.15, -0.1) is 0 Å². The Morgan fingerprint density at radius 3 is 2.56 bits per heavy atom. The van der Waals surface area contributed by atoms with Crippen molar-refractivity contribution in [3.8, 4) is 5.88 Å². The molecule has 4 heteroatoms. The molecule has 0 unspecified atom stereocenters. The fourth-order valence-electron chi connectivity index (χ4n) is 1.49. The minimum absolute atomic E-state index is 0.579. The molecule has 0 N–H and O–H groups in total. The van der Waals surface area contributed by atoms with Crippen molar-refractivity contribution in [2.45, 2.75) is 13.5 Å². The smallest absolute Gasteiger partial charge is 0.225 e. The average molecular weight is 328 g/mol. The highest BCUT2D eigenvalue weighted by Crippen LogP contribution is 2.23. The van der Waals surface area contributed by atoms with Gasteiger partial charge in [-0.1, -0.05) is 30.3 Å². The van der Waals surface area contributed by atoms with E-state index in [1.165, 1.54) is 0 Å². The van der Waals surface area contributed by atoms with E-state index in [2.05, 4.69) is 39.8 Å². The van der Waals surface area contributed by atoms with Crippen LogP contribution in [0, 0.1) is 10.5 Å². The van der Waals surface area contributed by atoms with Crippen molar-refractivity contribution in [1.29, 1.82) is 0 Å². The largest absolute Gasteiger partial charge is 0.472 e. The number of hydrogen-bond donors (Lipinski definition) is 0. The second-order valence-corrected chi connectivity index (χ2v) is 4.68. The van der Waals surface area contributed by atoms with Crippen LogP contribution in [0.1, 0.15) is 11.3 Å². The Morgan fingerprint density at radius 1 is 1.31 bits per heavy atom. The monoisotopic (exact) mass is 328 g/mol. The fraction of sp³-hybridized carbons (Fsp3) is 0.250. The van der Waals surface area contributed by atoms with Gasteiger partial charge in [0, 0.05) is 7.05 Å². The van der Waals surface area contributed by atoms with Crippen LogP contribution in [0.15, 0.2) is 30.3 Å². The van der Waals surface area contributed by atoms with E-state index < -0.39 is 0 Å². The van der Waals surface area contributed by atoms with Crippen LogP contribution in [0.2, 0.25) is 0 Å². The summed E-state index contributed by atoms with van der Waals surface area (Å²) in [4.78, 5) is 0. The van der Waals surface area contributed by atoms with Crippen molar-refractivity contribution < 1.29 is 4.74 Å². The molecule has 0 saturated heterocycles. The third kappa shape index (κ3) is 2.37. The molecule has 16 heavy (non-hydrogen) atoms. The summed E-state index contributed by atoms with van der Waals surface area (Å²) in [5.74, 6) is 0.835. The molecule has 0 bridgehead atoms. The van der Waals surface area contributed by atoms with E-state index in [-0.39, 0.29) is 0 Å².